The number of phenols is 1. The number of phenolic OH excluding ortho intramolecular Hbond substituents is 1. The molecule has 5 heteroatoms. The summed E-state index contributed by atoms with van der Waals surface area (Å²) in [7, 11) is 1.88. The van der Waals surface area contributed by atoms with Gasteiger partial charge in [-0.3, -0.25) is 0 Å². The first-order chi connectivity index (χ1) is 8.09. The number of hydrogen-bond donors (Lipinski definition) is 2. The molecular formula is C12H14N4O. The van der Waals surface area contributed by atoms with Gasteiger partial charge in [0.25, 0.3) is 0 Å². The maximum atomic E-state index is 9.25. The second-order valence-corrected chi connectivity index (χ2v) is 3.77. The summed E-state index contributed by atoms with van der Waals surface area (Å²) in [5, 5.41) is 9.25. The van der Waals surface area contributed by atoms with E-state index in [2.05, 4.69) is 9.97 Å². The van der Waals surface area contributed by atoms with E-state index < -0.39 is 0 Å². The minimum Gasteiger partial charge on any atom is -0.508 e. The van der Waals surface area contributed by atoms with Gasteiger partial charge in [0.05, 0.1) is 5.69 Å². The van der Waals surface area contributed by atoms with E-state index in [1.54, 1.807) is 24.3 Å². The lowest BCUT2D eigenvalue weighted by Gasteiger charge is -2.21. The number of aryl methyl sites for hydroxylation is 1. The van der Waals surface area contributed by atoms with Crippen LogP contribution in [-0.4, -0.2) is 22.1 Å². The molecular weight excluding hydrogens is 216 g/mol. The van der Waals surface area contributed by atoms with Crippen LogP contribution < -0.4 is 10.6 Å². The molecule has 0 atom stereocenters. The molecule has 5 nitrogen and oxygen atoms in total. The molecule has 0 saturated carbocycles. The van der Waals surface area contributed by atoms with Gasteiger partial charge < -0.3 is 15.7 Å². The van der Waals surface area contributed by atoms with Crippen LogP contribution in [0, 0.1) is 6.92 Å². The molecule has 0 unspecified atom stereocenters. The van der Waals surface area contributed by atoms with Crippen molar-refractivity contribution in [2.45, 2.75) is 6.92 Å². The predicted molar refractivity (Wildman–Crippen MR) is 67.4 cm³/mol. The van der Waals surface area contributed by atoms with Gasteiger partial charge in [-0.2, -0.15) is 0 Å². The number of hydrogen-bond acceptors (Lipinski definition) is 5. The van der Waals surface area contributed by atoms with Crippen LogP contribution in [0.15, 0.2) is 30.6 Å². The van der Waals surface area contributed by atoms with Crippen LogP contribution in [0.5, 0.6) is 5.75 Å². The van der Waals surface area contributed by atoms with Gasteiger partial charge in [-0.1, -0.05) is 0 Å². The topological polar surface area (TPSA) is 75.3 Å². The first kappa shape index (κ1) is 11.2. The number of nitrogens with two attached hydrogens (primary N) is 1. The van der Waals surface area contributed by atoms with Crippen molar-refractivity contribution in [3.63, 3.8) is 0 Å². The lowest BCUT2D eigenvalue weighted by molar-refractivity contribution is 0.475. The number of nitrogen functional groups attached to an aromatic ring is 1. The molecule has 1 heterocycles. The van der Waals surface area contributed by atoms with Crippen LogP contribution in [0.25, 0.3) is 0 Å². The van der Waals surface area contributed by atoms with Gasteiger partial charge in [0.1, 0.15) is 17.8 Å². The number of benzene rings is 1. The third-order valence-electron chi connectivity index (χ3n) is 2.61. The van der Waals surface area contributed by atoms with E-state index in [0.717, 1.165) is 17.1 Å². The zero-order valence-corrected chi connectivity index (χ0v) is 9.75. The van der Waals surface area contributed by atoms with E-state index in [4.69, 9.17) is 5.73 Å². The largest absolute Gasteiger partial charge is 0.508 e. The summed E-state index contributed by atoms with van der Waals surface area (Å²) in [6, 6.07) is 6.87. The van der Waals surface area contributed by atoms with Gasteiger partial charge >= 0.3 is 0 Å². The number of nitrogens with zero attached hydrogens (tertiary/aromatic N) is 3. The summed E-state index contributed by atoms with van der Waals surface area (Å²) in [4.78, 5) is 9.99. The summed E-state index contributed by atoms with van der Waals surface area (Å²) >= 11 is 0. The Morgan fingerprint density at radius 2 is 1.82 bits per heavy atom. The van der Waals surface area contributed by atoms with Crippen molar-refractivity contribution in [3.8, 4) is 5.75 Å². The molecule has 0 aliphatic rings. The molecule has 3 N–H and O–H groups in total. The smallest absolute Gasteiger partial charge is 0.151 e. The molecule has 1 aromatic carbocycles. The molecule has 0 spiro atoms. The molecule has 88 valence electrons. The molecule has 0 amide bonds. The molecule has 0 aliphatic carbocycles. The maximum Gasteiger partial charge on any atom is 0.151 e. The fraction of sp³-hybridized carbons (Fsp3) is 0.167. The minimum absolute atomic E-state index is 0.233. The zero-order chi connectivity index (χ0) is 12.4. The van der Waals surface area contributed by atoms with Crippen LogP contribution in [0.2, 0.25) is 0 Å². The van der Waals surface area contributed by atoms with E-state index in [1.807, 2.05) is 18.9 Å². The quantitative estimate of drug-likeness (QED) is 0.823. The highest BCUT2D eigenvalue weighted by Gasteiger charge is 2.12. The molecule has 0 fully saturated rings. The first-order valence-electron chi connectivity index (χ1n) is 5.19. The third kappa shape index (κ3) is 2.13. The van der Waals surface area contributed by atoms with Crippen molar-refractivity contribution < 1.29 is 5.11 Å². The molecule has 2 aromatic rings. The van der Waals surface area contributed by atoms with Crippen LogP contribution in [-0.2, 0) is 0 Å². The number of aromatic nitrogens is 2. The van der Waals surface area contributed by atoms with Crippen molar-refractivity contribution in [2.75, 3.05) is 17.7 Å². The molecule has 0 aliphatic heterocycles. The second-order valence-electron chi connectivity index (χ2n) is 3.77. The Balaban J connectivity index is 2.43. The highest BCUT2D eigenvalue weighted by molar-refractivity contribution is 5.73. The van der Waals surface area contributed by atoms with Crippen LogP contribution in [0.4, 0.5) is 17.2 Å². The van der Waals surface area contributed by atoms with E-state index in [0.29, 0.717) is 5.82 Å². The van der Waals surface area contributed by atoms with Crippen molar-refractivity contribution in [1.82, 2.24) is 9.97 Å². The summed E-state index contributed by atoms with van der Waals surface area (Å²) in [6.45, 7) is 1.88. The highest BCUT2D eigenvalue weighted by Crippen LogP contribution is 2.30. The zero-order valence-electron chi connectivity index (χ0n) is 9.75. The lowest BCUT2D eigenvalue weighted by Crippen LogP contribution is -2.14. The van der Waals surface area contributed by atoms with Crippen molar-refractivity contribution in [3.05, 3.63) is 36.3 Å². The number of rotatable bonds is 2. The van der Waals surface area contributed by atoms with Gasteiger partial charge in [0, 0.05) is 12.7 Å². The van der Waals surface area contributed by atoms with Gasteiger partial charge in [0.2, 0.25) is 0 Å². The SMILES string of the molecule is Cc1ncnc(N)c1N(C)c1ccc(O)cc1. The fourth-order valence-corrected chi connectivity index (χ4v) is 1.71. The highest BCUT2D eigenvalue weighted by atomic mass is 16.3. The van der Waals surface area contributed by atoms with Gasteiger partial charge in [-0.15, -0.1) is 0 Å². The monoisotopic (exact) mass is 230 g/mol. The first-order valence-corrected chi connectivity index (χ1v) is 5.19. The summed E-state index contributed by atoms with van der Waals surface area (Å²) < 4.78 is 0. The Hall–Kier alpha value is -2.30. The van der Waals surface area contributed by atoms with E-state index in [9.17, 15) is 5.11 Å². The third-order valence-corrected chi connectivity index (χ3v) is 2.61. The standard InChI is InChI=1S/C12H14N4O/c1-8-11(12(13)15-7-14-8)16(2)9-3-5-10(17)6-4-9/h3-7,17H,1-2H3,(H2,13,14,15). The Morgan fingerprint density at radius 3 is 2.41 bits per heavy atom. The van der Waals surface area contributed by atoms with E-state index in [-0.39, 0.29) is 5.75 Å². The van der Waals surface area contributed by atoms with Crippen LogP contribution in [0.1, 0.15) is 5.69 Å². The van der Waals surface area contributed by atoms with Crippen molar-refractivity contribution >= 4 is 17.2 Å². The number of anilines is 3. The molecule has 0 bridgehead atoms. The molecule has 0 saturated heterocycles. The average Bonchev–Trinajstić information content (AvgIpc) is 2.29. The average molecular weight is 230 g/mol. The second kappa shape index (κ2) is 4.29. The molecule has 2 rings (SSSR count). The summed E-state index contributed by atoms with van der Waals surface area (Å²) in [5.41, 5.74) is 8.35. The predicted octanol–water partition coefficient (Wildman–Crippen LogP) is 1.84. The van der Waals surface area contributed by atoms with Crippen LogP contribution in [0.3, 0.4) is 0 Å². The van der Waals surface area contributed by atoms with E-state index in [1.165, 1.54) is 6.33 Å². The summed E-state index contributed by atoms with van der Waals surface area (Å²) in [5.74, 6) is 0.671. The Labute approximate surface area is 99.6 Å². The molecule has 0 radical (unpaired) electrons. The Kier molecular flexibility index (Phi) is 2.82. The van der Waals surface area contributed by atoms with Crippen molar-refractivity contribution in [2.24, 2.45) is 0 Å². The van der Waals surface area contributed by atoms with Gasteiger partial charge in [-0.05, 0) is 31.2 Å². The normalized spacial score (nSPS) is 10.2. The molecule has 1 aromatic heterocycles. The maximum absolute atomic E-state index is 9.25. The molecule has 17 heavy (non-hydrogen) atoms. The minimum atomic E-state index is 0.233. The Morgan fingerprint density at radius 1 is 1.18 bits per heavy atom. The summed E-state index contributed by atoms with van der Waals surface area (Å²) in [6.07, 6.45) is 1.44. The van der Waals surface area contributed by atoms with Gasteiger partial charge in [0.15, 0.2) is 5.82 Å². The number of aromatic hydroxyl groups is 1. The van der Waals surface area contributed by atoms with Crippen LogP contribution >= 0.6 is 0 Å². The van der Waals surface area contributed by atoms with E-state index >= 15 is 0 Å². The van der Waals surface area contributed by atoms with Crippen molar-refractivity contribution in [1.29, 1.82) is 0 Å². The Bertz CT molecular complexity index is 504. The van der Waals surface area contributed by atoms with Gasteiger partial charge in [-0.25, -0.2) is 9.97 Å². The fourth-order valence-electron chi connectivity index (χ4n) is 1.71. The lowest BCUT2D eigenvalue weighted by atomic mass is 10.2.